The molecule has 106 valence electrons. The van der Waals surface area contributed by atoms with Crippen molar-refractivity contribution < 1.29 is 14.4 Å². The number of nitrogen functional groups attached to an aromatic ring is 1. The molecule has 0 spiro atoms. The molecule has 0 bridgehead atoms. The number of halogens is 1. The molecule has 6 nitrogen and oxygen atoms in total. The molecule has 0 saturated carbocycles. The van der Waals surface area contributed by atoms with Gasteiger partial charge in [0, 0.05) is 15.7 Å². The fourth-order valence-corrected chi connectivity index (χ4v) is 2.38. The lowest BCUT2D eigenvalue weighted by Crippen LogP contribution is -2.59. The number of nitrogens with two attached hydrogens (primary N) is 1. The number of nitrogens with one attached hydrogen (secondary N) is 1. The zero-order valence-corrected chi connectivity index (χ0v) is 12.4. The molecule has 1 aliphatic rings. The first-order chi connectivity index (χ1) is 9.43. The van der Waals surface area contributed by atoms with Crippen LogP contribution in [0.3, 0.4) is 0 Å². The average Bonchev–Trinajstić information content (AvgIpc) is 2.40. The number of carbonyl (C=O) groups excluding carboxylic acids is 3. The van der Waals surface area contributed by atoms with Gasteiger partial charge in [0.25, 0.3) is 5.91 Å². The third-order valence-corrected chi connectivity index (χ3v) is 3.87. The van der Waals surface area contributed by atoms with Crippen LogP contribution in [0.4, 0.5) is 5.69 Å². The number of amides is 3. The number of hydrogen-bond donors (Lipinski definition) is 2. The topological polar surface area (TPSA) is 92.5 Å². The summed E-state index contributed by atoms with van der Waals surface area (Å²) < 4.78 is 0.688. The number of benzene rings is 1. The van der Waals surface area contributed by atoms with Gasteiger partial charge in [-0.05, 0) is 40.5 Å². The molecule has 1 aliphatic heterocycles. The van der Waals surface area contributed by atoms with Gasteiger partial charge in [0.05, 0.1) is 0 Å². The molecule has 0 aromatic heterocycles. The molecule has 1 heterocycles. The Hall–Kier alpha value is -1.89. The maximum atomic E-state index is 12.4. The molecule has 1 saturated heterocycles. The first-order valence-electron chi connectivity index (χ1n) is 6.13. The van der Waals surface area contributed by atoms with Crippen molar-refractivity contribution in [3.05, 3.63) is 28.2 Å². The van der Waals surface area contributed by atoms with Crippen molar-refractivity contribution in [1.29, 1.82) is 0 Å². The van der Waals surface area contributed by atoms with Crippen molar-refractivity contribution in [2.24, 2.45) is 0 Å². The highest BCUT2D eigenvalue weighted by atomic mass is 79.9. The van der Waals surface area contributed by atoms with Crippen molar-refractivity contribution in [1.82, 2.24) is 10.2 Å². The van der Waals surface area contributed by atoms with Gasteiger partial charge in [0.15, 0.2) is 0 Å². The summed E-state index contributed by atoms with van der Waals surface area (Å²) in [6.45, 7) is 1.66. The Balaban J connectivity index is 2.32. The third-order valence-electron chi connectivity index (χ3n) is 3.15. The molecule has 7 heteroatoms. The molecule has 0 aliphatic carbocycles. The first-order valence-corrected chi connectivity index (χ1v) is 6.93. The van der Waals surface area contributed by atoms with Crippen LogP contribution < -0.4 is 11.1 Å². The van der Waals surface area contributed by atoms with Crippen LogP contribution in [0, 0.1) is 0 Å². The maximum absolute atomic E-state index is 12.4. The molecule has 1 unspecified atom stereocenters. The van der Waals surface area contributed by atoms with Gasteiger partial charge in [0.1, 0.15) is 12.6 Å². The Bertz CT molecular complexity index is 588. The fourth-order valence-electron chi connectivity index (χ4n) is 2.13. The van der Waals surface area contributed by atoms with Crippen LogP contribution in [0.25, 0.3) is 0 Å². The minimum Gasteiger partial charge on any atom is -0.398 e. The number of imide groups is 1. The van der Waals surface area contributed by atoms with E-state index in [4.69, 9.17) is 5.73 Å². The Morgan fingerprint density at radius 2 is 2.20 bits per heavy atom. The smallest absolute Gasteiger partial charge is 0.255 e. The van der Waals surface area contributed by atoms with Gasteiger partial charge in [-0.1, -0.05) is 6.92 Å². The van der Waals surface area contributed by atoms with E-state index in [1.54, 1.807) is 19.1 Å². The van der Waals surface area contributed by atoms with Crippen LogP contribution >= 0.6 is 15.9 Å². The number of anilines is 1. The van der Waals surface area contributed by atoms with Crippen LogP contribution in [-0.2, 0) is 9.59 Å². The van der Waals surface area contributed by atoms with E-state index in [9.17, 15) is 14.4 Å². The normalized spacial score (nSPS) is 18.9. The monoisotopic (exact) mass is 339 g/mol. The number of carbonyl (C=O) groups is 3. The third kappa shape index (κ3) is 2.67. The molecule has 2 rings (SSSR count). The van der Waals surface area contributed by atoms with Crippen LogP contribution in [-0.4, -0.2) is 35.2 Å². The molecule has 1 aromatic rings. The molecule has 1 atom stereocenters. The summed E-state index contributed by atoms with van der Waals surface area (Å²) in [6, 6.07) is 4.16. The summed E-state index contributed by atoms with van der Waals surface area (Å²) >= 11 is 3.25. The summed E-state index contributed by atoms with van der Waals surface area (Å²) in [4.78, 5) is 36.9. The fraction of sp³-hybridized carbons (Fsp3) is 0.308. The van der Waals surface area contributed by atoms with Crippen molar-refractivity contribution in [2.75, 3.05) is 12.3 Å². The predicted molar refractivity (Wildman–Crippen MR) is 76.8 cm³/mol. The van der Waals surface area contributed by atoms with E-state index in [-0.39, 0.29) is 12.5 Å². The van der Waals surface area contributed by atoms with E-state index in [0.717, 1.165) is 0 Å². The second-order valence-electron chi connectivity index (χ2n) is 4.51. The van der Waals surface area contributed by atoms with E-state index in [1.807, 2.05) is 0 Å². The number of hydrogen-bond acceptors (Lipinski definition) is 4. The summed E-state index contributed by atoms with van der Waals surface area (Å²) in [5, 5.41) is 2.23. The van der Waals surface area contributed by atoms with Crippen molar-refractivity contribution in [2.45, 2.75) is 19.4 Å². The Labute approximate surface area is 124 Å². The zero-order chi connectivity index (χ0) is 14.9. The van der Waals surface area contributed by atoms with Gasteiger partial charge < -0.3 is 10.6 Å². The summed E-state index contributed by atoms with van der Waals surface area (Å²) in [7, 11) is 0. The summed E-state index contributed by atoms with van der Waals surface area (Å²) in [5.74, 6) is -1.29. The largest absolute Gasteiger partial charge is 0.398 e. The van der Waals surface area contributed by atoms with Gasteiger partial charge in [0.2, 0.25) is 11.8 Å². The van der Waals surface area contributed by atoms with E-state index >= 15 is 0 Å². The SMILES string of the molecule is CCC1C(=O)NC(=O)CN1C(=O)c1ccc(Br)c(N)c1. The second kappa shape index (κ2) is 5.62. The molecular formula is C13H14BrN3O3. The van der Waals surface area contributed by atoms with Crippen LogP contribution in [0.1, 0.15) is 23.7 Å². The van der Waals surface area contributed by atoms with E-state index < -0.39 is 17.9 Å². The van der Waals surface area contributed by atoms with Gasteiger partial charge >= 0.3 is 0 Å². The Kier molecular flexibility index (Phi) is 4.08. The predicted octanol–water partition coefficient (Wildman–Crippen LogP) is 0.908. The summed E-state index contributed by atoms with van der Waals surface area (Å²) in [6.07, 6.45) is 0.441. The van der Waals surface area contributed by atoms with Gasteiger partial charge in [-0.3, -0.25) is 19.7 Å². The van der Waals surface area contributed by atoms with Gasteiger partial charge in [-0.15, -0.1) is 0 Å². The van der Waals surface area contributed by atoms with E-state index in [1.165, 1.54) is 11.0 Å². The molecule has 3 amide bonds. The molecule has 3 N–H and O–H groups in total. The Morgan fingerprint density at radius 3 is 2.80 bits per heavy atom. The molecule has 20 heavy (non-hydrogen) atoms. The number of piperazine rings is 1. The summed E-state index contributed by atoms with van der Waals surface area (Å²) in [5.41, 5.74) is 6.53. The first kappa shape index (κ1) is 14.5. The van der Waals surface area contributed by atoms with Crippen LogP contribution in [0.5, 0.6) is 0 Å². The van der Waals surface area contributed by atoms with Crippen molar-refractivity contribution in [3.8, 4) is 0 Å². The highest BCUT2D eigenvalue weighted by Crippen LogP contribution is 2.22. The van der Waals surface area contributed by atoms with E-state index in [0.29, 0.717) is 22.1 Å². The maximum Gasteiger partial charge on any atom is 0.255 e. The molecule has 1 aromatic carbocycles. The average molecular weight is 340 g/mol. The van der Waals surface area contributed by atoms with Crippen LogP contribution in [0.2, 0.25) is 0 Å². The van der Waals surface area contributed by atoms with E-state index in [2.05, 4.69) is 21.2 Å². The lowest BCUT2D eigenvalue weighted by atomic mass is 10.1. The quantitative estimate of drug-likeness (QED) is 0.618. The zero-order valence-electron chi connectivity index (χ0n) is 10.9. The second-order valence-corrected chi connectivity index (χ2v) is 5.36. The van der Waals surface area contributed by atoms with Crippen molar-refractivity contribution >= 4 is 39.3 Å². The van der Waals surface area contributed by atoms with Crippen LogP contribution in [0.15, 0.2) is 22.7 Å². The highest BCUT2D eigenvalue weighted by Gasteiger charge is 2.35. The molecule has 1 fully saturated rings. The van der Waals surface area contributed by atoms with Crippen molar-refractivity contribution in [3.63, 3.8) is 0 Å². The number of rotatable bonds is 2. The standard InChI is InChI=1S/C13H14BrN3O3/c1-2-10-12(19)16-11(18)6-17(10)13(20)7-3-4-8(14)9(15)5-7/h3-5,10H,2,6,15H2,1H3,(H,16,18,19). The lowest BCUT2D eigenvalue weighted by Gasteiger charge is -2.33. The minimum atomic E-state index is -0.634. The number of nitrogens with zero attached hydrogens (tertiary/aromatic N) is 1. The highest BCUT2D eigenvalue weighted by molar-refractivity contribution is 9.10. The lowest BCUT2D eigenvalue weighted by molar-refractivity contribution is -0.138. The Morgan fingerprint density at radius 1 is 1.50 bits per heavy atom. The van der Waals surface area contributed by atoms with Gasteiger partial charge in [-0.2, -0.15) is 0 Å². The molecular weight excluding hydrogens is 326 g/mol. The van der Waals surface area contributed by atoms with Gasteiger partial charge in [-0.25, -0.2) is 0 Å². The molecule has 0 radical (unpaired) electrons. The minimum absolute atomic E-state index is 0.126.